The minimum atomic E-state index is 0.0913. The number of methoxy groups -OCH3 is 1. The Bertz CT molecular complexity index is 714. The maximum Gasteiger partial charge on any atom is 0.266 e. The maximum atomic E-state index is 13.2. The number of ether oxygens (including phenoxy) is 1. The molecule has 0 saturated carbocycles. The third-order valence-corrected chi connectivity index (χ3v) is 6.06. The standard InChI is InChI=1S/C20H28N4O2S/c1-16-19(27-15-22-16)20(25)24(13-17-3-7-21-8-4-17)14-18-5-9-23(10-6-18)11-12-26-2/h3-4,7-8,15,18H,5-6,9-14H2,1-2H3. The Hall–Kier alpha value is -1.83. The summed E-state index contributed by atoms with van der Waals surface area (Å²) in [5.74, 6) is 0.622. The number of rotatable bonds is 8. The number of nitrogens with zero attached hydrogens (tertiary/aromatic N) is 4. The summed E-state index contributed by atoms with van der Waals surface area (Å²) in [7, 11) is 1.75. The van der Waals surface area contributed by atoms with Gasteiger partial charge in [0.2, 0.25) is 0 Å². The van der Waals surface area contributed by atoms with Crippen molar-refractivity contribution < 1.29 is 9.53 Å². The first-order valence-electron chi connectivity index (χ1n) is 9.47. The molecule has 6 nitrogen and oxygen atoms in total. The van der Waals surface area contributed by atoms with Crippen LogP contribution in [-0.4, -0.2) is 65.6 Å². The van der Waals surface area contributed by atoms with Gasteiger partial charge in [-0.15, -0.1) is 11.3 Å². The summed E-state index contributed by atoms with van der Waals surface area (Å²) in [6.07, 6.45) is 5.80. The molecule has 0 spiro atoms. The van der Waals surface area contributed by atoms with Gasteiger partial charge in [0, 0.05) is 39.1 Å². The quantitative estimate of drug-likeness (QED) is 0.696. The fourth-order valence-electron chi connectivity index (χ4n) is 3.50. The van der Waals surface area contributed by atoms with Crippen LogP contribution in [0.4, 0.5) is 0 Å². The number of aromatic nitrogens is 2. The molecule has 2 aromatic rings. The van der Waals surface area contributed by atoms with Crippen LogP contribution < -0.4 is 0 Å². The van der Waals surface area contributed by atoms with Gasteiger partial charge < -0.3 is 14.5 Å². The highest BCUT2D eigenvalue weighted by molar-refractivity contribution is 7.11. The lowest BCUT2D eigenvalue weighted by molar-refractivity contribution is 0.0662. The SMILES string of the molecule is COCCN1CCC(CN(Cc2ccncc2)C(=O)c2scnc2C)CC1. The summed E-state index contributed by atoms with van der Waals surface area (Å²) < 4.78 is 5.18. The Morgan fingerprint density at radius 3 is 2.70 bits per heavy atom. The third kappa shape index (κ3) is 5.57. The molecule has 1 aliphatic heterocycles. The van der Waals surface area contributed by atoms with E-state index in [1.165, 1.54) is 11.3 Å². The summed E-state index contributed by atoms with van der Waals surface area (Å²) in [5.41, 5.74) is 3.68. The first-order valence-corrected chi connectivity index (χ1v) is 10.3. The lowest BCUT2D eigenvalue weighted by atomic mass is 9.96. The second kappa shape index (κ2) is 9.92. The van der Waals surface area contributed by atoms with Gasteiger partial charge in [-0.25, -0.2) is 4.98 Å². The zero-order chi connectivity index (χ0) is 19.1. The normalized spacial score (nSPS) is 15.8. The molecule has 0 atom stereocenters. The zero-order valence-corrected chi connectivity index (χ0v) is 17.0. The van der Waals surface area contributed by atoms with Crippen molar-refractivity contribution in [1.29, 1.82) is 0 Å². The van der Waals surface area contributed by atoms with E-state index in [0.29, 0.717) is 12.5 Å². The summed E-state index contributed by atoms with van der Waals surface area (Å²) in [6, 6.07) is 3.96. The summed E-state index contributed by atoms with van der Waals surface area (Å²) >= 11 is 1.43. The average Bonchev–Trinajstić information content (AvgIpc) is 3.13. The molecule has 1 fully saturated rings. The van der Waals surface area contributed by atoms with Crippen LogP contribution in [0.3, 0.4) is 0 Å². The van der Waals surface area contributed by atoms with Gasteiger partial charge in [-0.05, 0) is 56.5 Å². The van der Waals surface area contributed by atoms with Crippen LogP contribution in [0, 0.1) is 12.8 Å². The van der Waals surface area contributed by atoms with Gasteiger partial charge in [-0.1, -0.05) is 0 Å². The number of likely N-dealkylation sites (tertiary alicyclic amines) is 1. The Balaban J connectivity index is 1.65. The molecule has 3 heterocycles. The molecule has 0 N–H and O–H groups in total. The Morgan fingerprint density at radius 2 is 2.07 bits per heavy atom. The van der Waals surface area contributed by atoms with E-state index in [2.05, 4.69) is 14.9 Å². The lowest BCUT2D eigenvalue weighted by Gasteiger charge is -2.34. The van der Waals surface area contributed by atoms with Crippen molar-refractivity contribution in [1.82, 2.24) is 19.8 Å². The minimum Gasteiger partial charge on any atom is -0.383 e. The lowest BCUT2D eigenvalue weighted by Crippen LogP contribution is -2.41. The van der Waals surface area contributed by atoms with Crippen molar-refractivity contribution in [3.63, 3.8) is 0 Å². The number of hydrogen-bond acceptors (Lipinski definition) is 6. The molecule has 27 heavy (non-hydrogen) atoms. The van der Waals surface area contributed by atoms with E-state index < -0.39 is 0 Å². The van der Waals surface area contributed by atoms with Gasteiger partial charge in [-0.3, -0.25) is 9.78 Å². The predicted molar refractivity (Wildman–Crippen MR) is 107 cm³/mol. The van der Waals surface area contributed by atoms with Crippen LogP contribution in [0.15, 0.2) is 30.0 Å². The Kier molecular flexibility index (Phi) is 7.32. The van der Waals surface area contributed by atoms with E-state index in [1.807, 2.05) is 24.0 Å². The molecule has 0 unspecified atom stereocenters. The molecule has 0 radical (unpaired) electrons. The molecule has 1 amide bonds. The van der Waals surface area contributed by atoms with E-state index in [1.54, 1.807) is 25.0 Å². The first kappa shape index (κ1) is 19.9. The Morgan fingerprint density at radius 1 is 1.33 bits per heavy atom. The number of piperidine rings is 1. The molecule has 3 rings (SSSR count). The van der Waals surface area contributed by atoms with E-state index in [0.717, 1.165) is 61.8 Å². The van der Waals surface area contributed by atoms with E-state index >= 15 is 0 Å². The molecule has 0 aromatic carbocycles. The number of carbonyl (C=O) groups is 1. The summed E-state index contributed by atoms with van der Waals surface area (Å²) in [6.45, 7) is 7.22. The molecule has 0 aliphatic carbocycles. The van der Waals surface area contributed by atoms with Gasteiger partial charge in [0.1, 0.15) is 4.88 Å². The highest BCUT2D eigenvalue weighted by atomic mass is 32.1. The summed E-state index contributed by atoms with van der Waals surface area (Å²) in [5, 5.41) is 0. The van der Waals surface area contributed by atoms with Crippen molar-refractivity contribution >= 4 is 17.2 Å². The fourth-order valence-corrected chi connectivity index (χ4v) is 4.27. The number of pyridine rings is 1. The van der Waals surface area contributed by atoms with Gasteiger partial charge >= 0.3 is 0 Å². The molecule has 1 aliphatic rings. The van der Waals surface area contributed by atoms with Crippen LogP contribution in [-0.2, 0) is 11.3 Å². The fraction of sp³-hybridized carbons (Fsp3) is 0.550. The van der Waals surface area contributed by atoms with Crippen LogP contribution in [0.5, 0.6) is 0 Å². The first-order chi connectivity index (χ1) is 13.2. The molecule has 1 saturated heterocycles. The number of thiazole rings is 1. The second-order valence-corrected chi connectivity index (χ2v) is 7.94. The average molecular weight is 389 g/mol. The zero-order valence-electron chi connectivity index (χ0n) is 16.1. The van der Waals surface area contributed by atoms with Gasteiger partial charge in [0.25, 0.3) is 5.91 Å². The minimum absolute atomic E-state index is 0.0913. The van der Waals surface area contributed by atoms with Crippen molar-refractivity contribution in [3.05, 3.63) is 46.2 Å². The molecular weight excluding hydrogens is 360 g/mol. The molecular formula is C20H28N4O2S. The van der Waals surface area contributed by atoms with Crippen LogP contribution in [0.25, 0.3) is 0 Å². The van der Waals surface area contributed by atoms with E-state index in [9.17, 15) is 4.79 Å². The smallest absolute Gasteiger partial charge is 0.266 e. The second-order valence-electron chi connectivity index (χ2n) is 7.09. The van der Waals surface area contributed by atoms with E-state index in [4.69, 9.17) is 4.74 Å². The number of amides is 1. The highest BCUT2D eigenvalue weighted by Crippen LogP contribution is 2.22. The molecule has 146 valence electrons. The van der Waals surface area contributed by atoms with Crippen molar-refractivity contribution in [2.45, 2.75) is 26.3 Å². The number of hydrogen-bond donors (Lipinski definition) is 0. The summed E-state index contributed by atoms with van der Waals surface area (Å²) in [4.78, 5) is 26.7. The monoisotopic (exact) mass is 388 g/mol. The maximum absolute atomic E-state index is 13.2. The molecule has 7 heteroatoms. The van der Waals surface area contributed by atoms with E-state index in [-0.39, 0.29) is 5.91 Å². The number of carbonyl (C=O) groups excluding carboxylic acids is 1. The number of aryl methyl sites for hydroxylation is 1. The largest absolute Gasteiger partial charge is 0.383 e. The molecule has 0 bridgehead atoms. The van der Waals surface area contributed by atoms with Gasteiger partial charge in [0.05, 0.1) is 17.8 Å². The van der Waals surface area contributed by atoms with Crippen LogP contribution in [0.2, 0.25) is 0 Å². The third-order valence-electron chi connectivity index (χ3n) is 5.15. The predicted octanol–water partition coefficient (Wildman–Crippen LogP) is 2.85. The van der Waals surface area contributed by atoms with Crippen molar-refractivity contribution in [2.24, 2.45) is 5.92 Å². The van der Waals surface area contributed by atoms with Gasteiger partial charge in [0.15, 0.2) is 0 Å². The van der Waals surface area contributed by atoms with Crippen molar-refractivity contribution in [3.8, 4) is 0 Å². The van der Waals surface area contributed by atoms with Crippen molar-refractivity contribution in [2.75, 3.05) is 39.9 Å². The Labute approximate surface area is 165 Å². The topological polar surface area (TPSA) is 58.6 Å². The highest BCUT2D eigenvalue weighted by Gasteiger charge is 2.26. The van der Waals surface area contributed by atoms with Crippen LogP contribution >= 0.6 is 11.3 Å². The van der Waals surface area contributed by atoms with Gasteiger partial charge in [-0.2, -0.15) is 0 Å². The van der Waals surface area contributed by atoms with Crippen LogP contribution in [0.1, 0.15) is 33.8 Å². The molecule has 2 aromatic heterocycles.